The number of aliphatic hydroxyl groups is 1. The van der Waals surface area contributed by atoms with Crippen LogP contribution in [0.4, 0.5) is 0 Å². The molecule has 0 aliphatic rings. The molecule has 4 nitrogen and oxygen atoms in total. The van der Waals surface area contributed by atoms with Gasteiger partial charge in [0.1, 0.15) is 6.10 Å². The van der Waals surface area contributed by atoms with Crippen LogP contribution in [0.1, 0.15) is 24.2 Å². The highest BCUT2D eigenvalue weighted by Crippen LogP contribution is 2.21. The van der Waals surface area contributed by atoms with Crippen LogP contribution in [-0.2, 0) is 6.54 Å². The standard InChI is InChI=1S/C10H12N2O2/c1-2-12-6-9(5-11-12)10(13)8-3-4-14-7-8/h3-7,10,13H,2H2,1H3. The van der Waals surface area contributed by atoms with E-state index < -0.39 is 6.10 Å². The zero-order chi connectivity index (χ0) is 9.97. The van der Waals surface area contributed by atoms with E-state index >= 15 is 0 Å². The Morgan fingerprint density at radius 1 is 1.57 bits per heavy atom. The zero-order valence-electron chi connectivity index (χ0n) is 7.92. The maximum Gasteiger partial charge on any atom is 0.110 e. The third kappa shape index (κ3) is 1.56. The van der Waals surface area contributed by atoms with Gasteiger partial charge in [-0.05, 0) is 13.0 Å². The van der Waals surface area contributed by atoms with Gasteiger partial charge in [0.15, 0.2) is 0 Å². The molecule has 0 aliphatic carbocycles. The monoisotopic (exact) mass is 192 g/mol. The number of hydrogen-bond donors (Lipinski definition) is 1. The first-order valence-corrected chi connectivity index (χ1v) is 4.53. The molecule has 1 atom stereocenters. The molecule has 0 saturated heterocycles. The predicted octanol–water partition coefficient (Wildman–Crippen LogP) is 1.58. The smallest absolute Gasteiger partial charge is 0.110 e. The molecule has 0 aliphatic heterocycles. The van der Waals surface area contributed by atoms with Crippen LogP contribution in [-0.4, -0.2) is 14.9 Å². The van der Waals surface area contributed by atoms with Crippen LogP contribution < -0.4 is 0 Å². The quantitative estimate of drug-likeness (QED) is 0.803. The second-order valence-corrected chi connectivity index (χ2v) is 3.09. The summed E-state index contributed by atoms with van der Waals surface area (Å²) in [7, 11) is 0. The van der Waals surface area contributed by atoms with Crippen LogP contribution >= 0.6 is 0 Å². The second kappa shape index (κ2) is 3.67. The van der Waals surface area contributed by atoms with Crippen LogP contribution in [0.15, 0.2) is 35.4 Å². The molecule has 2 aromatic rings. The van der Waals surface area contributed by atoms with Gasteiger partial charge in [-0.2, -0.15) is 5.10 Å². The normalized spacial score (nSPS) is 13.0. The summed E-state index contributed by atoms with van der Waals surface area (Å²) < 4.78 is 6.68. The molecule has 4 heteroatoms. The summed E-state index contributed by atoms with van der Waals surface area (Å²) in [4.78, 5) is 0. The molecule has 0 radical (unpaired) electrons. The van der Waals surface area contributed by atoms with E-state index in [2.05, 4.69) is 5.10 Å². The molecule has 14 heavy (non-hydrogen) atoms. The fraction of sp³-hybridized carbons (Fsp3) is 0.300. The minimum absolute atomic E-state index is 0.644. The Morgan fingerprint density at radius 2 is 2.43 bits per heavy atom. The topological polar surface area (TPSA) is 51.2 Å². The van der Waals surface area contributed by atoms with Gasteiger partial charge >= 0.3 is 0 Å². The summed E-state index contributed by atoms with van der Waals surface area (Å²) in [6.45, 7) is 2.80. The Hall–Kier alpha value is -1.55. The van der Waals surface area contributed by atoms with Crippen molar-refractivity contribution in [1.82, 2.24) is 9.78 Å². The number of aliphatic hydroxyl groups excluding tert-OH is 1. The Labute approximate surface area is 81.8 Å². The van der Waals surface area contributed by atoms with Gasteiger partial charge in [-0.1, -0.05) is 0 Å². The first-order chi connectivity index (χ1) is 6.81. The molecule has 74 valence electrons. The minimum atomic E-state index is -0.644. The average molecular weight is 192 g/mol. The van der Waals surface area contributed by atoms with E-state index in [1.165, 1.54) is 6.26 Å². The van der Waals surface area contributed by atoms with Crippen molar-refractivity contribution in [2.45, 2.75) is 19.6 Å². The van der Waals surface area contributed by atoms with Crippen LogP contribution in [0.25, 0.3) is 0 Å². The lowest BCUT2D eigenvalue weighted by atomic mass is 10.1. The molecule has 2 heterocycles. The average Bonchev–Trinajstić information content (AvgIpc) is 2.88. The van der Waals surface area contributed by atoms with Crippen molar-refractivity contribution in [2.24, 2.45) is 0 Å². The van der Waals surface area contributed by atoms with Crippen molar-refractivity contribution in [3.05, 3.63) is 42.1 Å². The van der Waals surface area contributed by atoms with Crippen molar-refractivity contribution in [3.8, 4) is 0 Å². The van der Waals surface area contributed by atoms with Gasteiger partial charge < -0.3 is 9.52 Å². The van der Waals surface area contributed by atoms with Crippen molar-refractivity contribution in [1.29, 1.82) is 0 Å². The van der Waals surface area contributed by atoms with Crippen molar-refractivity contribution < 1.29 is 9.52 Å². The molecule has 2 rings (SSSR count). The van der Waals surface area contributed by atoms with Gasteiger partial charge in [0.25, 0.3) is 0 Å². The van der Waals surface area contributed by atoms with Crippen LogP contribution in [0, 0.1) is 0 Å². The number of furan rings is 1. The maximum absolute atomic E-state index is 9.88. The SMILES string of the molecule is CCn1cc(C(O)c2ccoc2)cn1. The highest BCUT2D eigenvalue weighted by atomic mass is 16.3. The summed E-state index contributed by atoms with van der Waals surface area (Å²) >= 11 is 0. The summed E-state index contributed by atoms with van der Waals surface area (Å²) in [6, 6.07) is 1.74. The Kier molecular flexibility index (Phi) is 2.37. The van der Waals surface area contributed by atoms with E-state index in [-0.39, 0.29) is 0 Å². The van der Waals surface area contributed by atoms with E-state index in [1.54, 1.807) is 23.2 Å². The third-order valence-corrected chi connectivity index (χ3v) is 2.15. The van der Waals surface area contributed by atoms with Crippen LogP contribution in [0.5, 0.6) is 0 Å². The Bertz CT molecular complexity index is 392. The first-order valence-electron chi connectivity index (χ1n) is 4.53. The highest BCUT2D eigenvalue weighted by molar-refractivity contribution is 5.22. The summed E-state index contributed by atoms with van der Waals surface area (Å²) in [5, 5.41) is 14.0. The number of nitrogens with zero attached hydrogens (tertiary/aromatic N) is 2. The van der Waals surface area contributed by atoms with Crippen LogP contribution in [0.3, 0.4) is 0 Å². The van der Waals surface area contributed by atoms with Gasteiger partial charge in [-0.3, -0.25) is 4.68 Å². The molecule has 0 aromatic carbocycles. The van der Waals surface area contributed by atoms with Gasteiger partial charge in [0.2, 0.25) is 0 Å². The van der Waals surface area contributed by atoms with Crippen molar-refractivity contribution >= 4 is 0 Å². The Balaban J connectivity index is 2.23. The van der Waals surface area contributed by atoms with Crippen molar-refractivity contribution in [2.75, 3.05) is 0 Å². The lowest BCUT2D eigenvalue weighted by Crippen LogP contribution is -1.97. The van der Waals surface area contributed by atoms with Crippen LogP contribution in [0.2, 0.25) is 0 Å². The molecular weight excluding hydrogens is 180 g/mol. The third-order valence-electron chi connectivity index (χ3n) is 2.15. The summed E-state index contributed by atoms with van der Waals surface area (Å²) in [5.74, 6) is 0. The van der Waals surface area contributed by atoms with Gasteiger partial charge in [-0.15, -0.1) is 0 Å². The molecule has 0 amide bonds. The molecule has 1 unspecified atom stereocenters. The number of aryl methyl sites for hydroxylation is 1. The fourth-order valence-electron chi connectivity index (χ4n) is 1.32. The molecule has 0 fully saturated rings. The molecule has 2 aromatic heterocycles. The first kappa shape index (κ1) is 9.02. The van der Waals surface area contributed by atoms with Gasteiger partial charge in [0, 0.05) is 23.9 Å². The number of hydrogen-bond acceptors (Lipinski definition) is 3. The highest BCUT2D eigenvalue weighted by Gasteiger charge is 2.13. The zero-order valence-corrected chi connectivity index (χ0v) is 7.92. The predicted molar refractivity (Wildman–Crippen MR) is 50.7 cm³/mol. The van der Waals surface area contributed by atoms with Gasteiger partial charge in [0.05, 0.1) is 18.7 Å². The van der Waals surface area contributed by atoms with Crippen molar-refractivity contribution in [3.63, 3.8) is 0 Å². The Morgan fingerprint density at radius 3 is 3.00 bits per heavy atom. The fourth-order valence-corrected chi connectivity index (χ4v) is 1.32. The lowest BCUT2D eigenvalue weighted by Gasteiger charge is -2.03. The molecule has 0 saturated carbocycles. The number of aromatic nitrogens is 2. The molecule has 1 N–H and O–H groups in total. The largest absolute Gasteiger partial charge is 0.472 e. The molecule has 0 spiro atoms. The maximum atomic E-state index is 9.88. The summed E-state index contributed by atoms with van der Waals surface area (Å²) in [6.07, 6.45) is 5.93. The number of rotatable bonds is 3. The van der Waals surface area contributed by atoms with Gasteiger partial charge in [-0.25, -0.2) is 0 Å². The van der Waals surface area contributed by atoms with E-state index in [9.17, 15) is 5.11 Å². The molecule has 0 bridgehead atoms. The van der Waals surface area contributed by atoms with E-state index in [4.69, 9.17) is 4.42 Å². The van der Waals surface area contributed by atoms with E-state index in [0.717, 1.165) is 17.7 Å². The van der Waals surface area contributed by atoms with E-state index in [1.807, 2.05) is 13.1 Å². The minimum Gasteiger partial charge on any atom is -0.472 e. The molecular formula is C10H12N2O2. The van der Waals surface area contributed by atoms with E-state index in [0.29, 0.717) is 0 Å². The lowest BCUT2D eigenvalue weighted by molar-refractivity contribution is 0.219. The second-order valence-electron chi connectivity index (χ2n) is 3.09. The summed E-state index contributed by atoms with van der Waals surface area (Å²) in [5.41, 5.74) is 1.54.